The molecule has 6 aromatic rings. The average Bonchev–Trinajstić information content (AvgIpc) is 3.16. The lowest BCUT2D eigenvalue weighted by molar-refractivity contribution is -0.275. The van der Waals surface area contributed by atoms with Crippen molar-refractivity contribution in [3.63, 3.8) is 0 Å². The number of hydrogen-bond acceptors (Lipinski definition) is 9. The van der Waals surface area contributed by atoms with E-state index in [0.29, 0.717) is 34.6 Å². The van der Waals surface area contributed by atoms with Crippen LogP contribution in [0.25, 0.3) is 22.3 Å². The highest BCUT2D eigenvalue weighted by Crippen LogP contribution is 2.37. The Balaban J connectivity index is 0.000000221. The molecule has 0 fully saturated rings. The second-order valence-electron chi connectivity index (χ2n) is 11.6. The van der Waals surface area contributed by atoms with Gasteiger partial charge in [-0.3, -0.25) is 0 Å². The highest BCUT2D eigenvalue weighted by molar-refractivity contribution is 5.95. The highest BCUT2D eigenvalue weighted by atomic mass is 19.4. The van der Waals surface area contributed by atoms with Gasteiger partial charge in [0.25, 0.3) is 0 Å². The minimum atomic E-state index is -4.94. The van der Waals surface area contributed by atoms with Gasteiger partial charge in [0.05, 0.1) is 18.0 Å². The Hall–Kier alpha value is -7.37. The Morgan fingerprint density at radius 3 is 1.60 bits per heavy atom. The predicted molar refractivity (Wildman–Crippen MR) is 197 cm³/mol. The van der Waals surface area contributed by atoms with Crippen LogP contribution in [-0.4, -0.2) is 51.5 Å². The number of rotatable bonds is 12. The van der Waals surface area contributed by atoms with E-state index in [2.05, 4.69) is 30.1 Å². The van der Waals surface area contributed by atoms with Crippen molar-refractivity contribution in [3.05, 3.63) is 139 Å². The van der Waals surface area contributed by atoms with Crippen molar-refractivity contribution in [1.29, 1.82) is 0 Å². The number of aromatic carboxylic acids is 2. The van der Waals surface area contributed by atoms with E-state index >= 15 is 0 Å². The number of nitrogens with zero attached hydrogens (tertiary/aromatic N) is 2. The molecule has 4 N–H and O–H groups in total. The van der Waals surface area contributed by atoms with Crippen molar-refractivity contribution in [2.24, 2.45) is 0 Å². The summed E-state index contributed by atoms with van der Waals surface area (Å²) in [5.41, 5.74) is 1.27. The summed E-state index contributed by atoms with van der Waals surface area (Å²) in [6, 6.07) is 25.6. The van der Waals surface area contributed by atoms with E-state index in [4.69, 9.17) is 9.84 Å². The molecule has 0 bridgehead atoms. The molecular weight excluding hydrogens is 781 g/mol. The van der Waals surface area contributed by atoms with Crippen molar-refractivity contribution in [2.45, 2.75) is 19.6 Å². The number of nitrogens with one attached hydrogen (secondary N) is 2. The van der Waals surface area contributed by atoms with Crippen molar-refractivity contribution in [2.75, 3.05) is 17.2 Å². The van der Waals surface area contributed by atoms with Gasteiger partial charge in [0.1, 0.15) is 40.1 Å². The van der Waals surface area contributed by atoms with Crippen LogP contribution in [0.3, 0.4) is 0 Å². The maximum atomic E-state index is 14.5. The third-order valence-electron chi connectivity index (χ3n) is 7.64. The second-order valence-corrected chi connectivity index (χ2v) is 11.6. The Morgan fingerprint density at radius 2 is 1.09 bits per heavy atom. The molecule has 0 saturated carbocycles. The molecule has 0 amide bonds. The third kappa shape index (κ3) is 11.6. The van der Waals surface area contributed by atoms with Crippen molar-refractivity contribution >= 4 is 34.9 Å². The number of halogens is 7. The minimum absolute atomic E-state index is 0.0346. The molecule has 0 radical (unpaired) electrons. The van der Waals surface area contributed by atoms with Crippen LogP contribution < -0.4 is 24.8 Å². The number of carboxylic acids is 2. The quantitative estimate of drug-likeness (QED) is 0.0874. The molecule has 4 aromatic carbocycles. The summed E-state index contributed by atoms with van der Waals surface area (Å²) >= 11 is 0. The maximum absolute atomic E-state index is 14.5. The molecule has 2 aromatic heterocycles. The van der Waals surface area contributed by atoms with Crippen LogP contribution in [0.2, 0.25) is 0 Å². The monoisotopic (exact) mass is 810 g/mol. The largest absolute Gasteiger partial charge is 0.573 e. The molecule has 0 aliphatic heterocycles. The molecule has 0 saturated heterocycles. The van der Waals surface area contributed by atoms with Crippen LogP contribution in [0.15, 0.2) is 122 Å². The fourth-order valence-electron chi connectivity index (χ4n) is 5.23. The molecule has 0 aliphatic rings. The molecule has 300 valence electrons. The first-order valence-corrected chi connectivity index (χ1v) is 16.7. The zero-order valence-corrected chi connectivity index (χ0v) is 29.7. The van der Waals surface area contributed by atoms with Gasteiger partial charge < -0.3 is 35.1 Å². The predicted octanol–water partition coefficient (Wildman–Crippen LogP) is 10.7. The number of alkyl halides is 6. The maximum Gasteiger partial charge on any atom is 0.573 e. The number of hydrogen-bond donors (Lipinski definition) is 4. The number of carbonyl (C=O) groups is 2. The zero-order valence-electron chi connectivity index (χ0n) is 29.7. The van der Waals surface area contributed by atoms with Gasteiger partial charge >= 0.3 is 24.7 Å². The van der Waals surface area contributed by atoms with Gasteiger partial charge in [-0.2, -0.15) is 0 Å². The number of anilines is 4. The molecule has 0 spiro atoms. The second kappa shape index (κ2) is 18.1. The van der Waals surface area contributed by atoms with Gasteiger partial charge in [0, 0.05) is 12.4 Å². The van der Waals surface area contributed by atoms with Crippen LogP contribution >= 0.6 is 0 Å². The highest BCUT2D eigenvalue weighted by Gasteiger charge is 2.33. The lowest BCUT2D eigenvalue weighted by Gasteiger charge is -2.17. The summed E-state index contributed by atoms with van der Waals surface area (Å²) in [7, 11) is 0. The number of ether oxygens (including phenoxy) is 3. The normalized spacial score (nSPS) is 11.1. The number of aromatic nitrogens is 2. The van der Waals surface area contributed by atoms with E-state index in [0.717, 1.165) is 18.2 Å². The van der Waals surface area contributed by atoms with E-state index in [1.54, 1.807) is 30.3 Å². The molecule has 58 heavy (non-hydrogen) atoms. The Bertz CT molecular complexity index is 2410. The lowest BCUT2D eigenvalue weighted by Crippen LogP contribution is -2.18. The van der Waals surface area contributed by atoms with Crippen LogP contribution in [0.4, 0.5) is 53.7 Å². The van der Waals surface area contributed by atoms with Crippen LogP contribution in [0.5, 0.6) is 17.2 Å². The molecule has 2 heterocycles. The van der Waals surface area contributed by atoms with Gasteiger partial charge in [0.2, 0.25) is 0 Å². The SMILES string of the molecule is CCOc1cccc(-c2ccc(Nc3ncccc3C(=O)O)c(OC(F)(F)F)c2)c1.O=C(O)c1cccnc1Nc1ccc(-c2cccc(OC(F)(F)F)c2)cc1F. The standard InChI is InChI=1S/C21H17F3N2O4.C19H12F4N2O3/c1-2-29-15-6-3-5-13(11-15)14-8-9-17(18(12-14)30-21(22,23)24)26-19-16(20(27)28)7-4-10-25-19;20-15-10-12(11-3-1-4-13(9-11)28-19(21,22)23)6-7-16(15)25-17-14(18(26)27)5-2-8-24-17/h3-12H,2H2,1H3,(H,25,26)(H,27,28);1-10H,(H,24,25)(H,26,27). The average molecular weight is 811 g/mol. The number of pyridine rings is 2. The Morgan fingerprint density at radius 1 is 0.603 bits per heavy atom. The number of benzene rings is 4. The number of carboxylic acid groups (broad SMARTS) is 2. The molecule has 0 aliphatic carbocycles. The topological polar surface area (TPSA) is 152 Å². The van der Waals surface area contributed by atoms with Gasteiger partial charge in [-0.05, 0) is 102 Å². The molecular formula is C40H29F7N4O7. The van der Waals surface area contributed by atoms with Crippen LogP contribution in [-0.2, 0) is 0 Å². The third-order valence-corrected chi connectivity index (χ3v) is 7.64. The molecule has 0 unspecified atom stereocenters. The van der Waals surface area contributed by atoms with E-state index in [-0.39, 0.29) is 34.1 Å². The van der Waals surface area contributed by atoms with Gasteiger partial charge in [-0.15, -0.1) is 26.3 Å². The molecule has 6 rings (SSSR count). The minimum Gasteiger partial charge on any atom is -0.494 e. The summed E-state index contributed by atoms with van der Waals surface area (Å²) in [5, 5.41) is 23.6. The Labute approximate surface area is 324 Å². The smallest absolute Gasteiger partial charge is 0.494 e. The van der Waals surface area contributed by atoms with Gasteiger partial charge in [-0.25, -0.2) is 23.9 Å². The van der Waals surface area contributed by atoms with Crippen molar-refractivity contribution < 1.29 is 64.7 Å². The molecule has 11 nitrogen and oxygen atoms in total. The summed E-state index contributed by atoms with van der Waals surface area (Å²) in [4.78, 5) is 30.3. The lowest BCUT2D eigenvalue weighted by atomic mass is 10.0. The van der Waals surface area contributed by atoms with E-state index in [1.807, 2.05) is 6.92 Å². The summed E-state index contributed by atoms with van der Waals surface area (Å²) in [5.74, 6) is -3.75. The summed E-state index contributed by atoms with van der Waals surface area (Å²) in [6.45, 7) is 2.27. The van der Waals surface area contributed by atoms with Crippen molar-refractivity contribution in [3.8, 4) is 39.5 Å². The van der Waals surface area contributed by atoms with Gasteiger partial charge in [0.15, 0.2) is 5.75 Å². The zero-order chi connectivity index (χ0) is 42.0. The summed E-state index contributed by atoms with van der Waals surface area (Å²) in [6.07, 6.45) is -7.09. The van der Waals surface area contributed by atoms with Gasteiger partial charge in [-0.1, -0.05) is 36.4 Å². The first-order valence-electron chi connectivity index (χ1n) is 16.7. The fourth-order valence-corrected chi connectivity index (χ4v) is 5.23. The Kier molecular flexibility index (Phi) is 13.0. The first kappa shape index (κ1) is 41.8. The van der Waals surface area contributed by atoms with E-state index < -0.39 is 42.0 Å². The van der Waals surface area contributed by atoms with Crippen LogP contribution in [0.1, 0.15) is 27.6 Å². The first-order chi connectivity index (χ1) is 27.5. The fraction of sp³-hybridized carbons (Fsp3) is 0.100. The van der Waals surface area contributed by atoms with Crippen molar-refractivity contribution in [1.82, 2.24) is 9.97 Å². The summed E-state index contributed by atoms with van der Waals surface area (Å²) < 4.78 is 104. The molecule has 18 heteroatoms. The van der Waals surface area contributed by atoms with E-state index in [9.17, 15) is 45.4 Å². The molecule has 0 atom stereocenters. The van der Waals surface area contributed by atoms with Crippen LogP contribution in [0, 0.1) is 5.82 Å². The van der Waals surface area contributed by atoms with E-state index in [1.165, 1.54) is 73.1 Å².